The Hall–Kier alpha value is -9.70. The van der Waals surface area contributed by atoms with Crippen LogP contribution in [0.25, 0.3) is 0 Å². The molecule has 1 aromatic rings. The van der Waals surface area contributed by atoms with Crippen LogP contribution in [0.5, 0.6) is 5.75 Å². The quantitative estimate of drug-likeness (QED) is 0.0215. The molecule has 0 radical (unpaired) electrons. The third-order valence-electron chi connectivity index (χ3n) is 15.9. The van der Waals surface area contributed by atoms with Crippen molar-refractivity contribution in [2.75, 3.05) is 46.2 Å². The van der Waals surface area contributed by atoms with Crippen LogP contribution in [0, 0.1) is 17.8 Å². The van der Waals surface area contributed by atoms with Crippen molar-refractivity contribution in [1.82, 2.24) is 63.4 Å². The number of phenols is 1. The Morgan fingerprint density at radius 1 is 0.534 bits per heavy atom. The Morgan fingerprint density at radius 3 is 1.46 bits per heavy atom. The number of nitrogens with two attached hydrogens (primary N) is 1. The highest BCUT2D eigenvalue weighted by atomic mass is 16.7. The van der Waals surface area contributed by atoms with Crippen molar-refractivity contribution in [3.05, 3.63) is 29.8 Å². The predicted octanol–water partition coefficient (Wildman–Crippen LogP) is -7.70. The summed E-state index contributed by atoms with van der Waals surface area (Å²) in [7, 11) is 0. The molecule has 1 aromatic carbocycles. The van der Waals surface area contributed by atoms with Gasteiger partial charge in [-0.05, 0) is 61.6 Å². The fourth-order valence-corrected chi connectivity index (χ4v) is 10.8. The summed E-state index contributed by atoms with van der Waals surface area (Å²) in [6.45, 7) is 9.46. The summed E-state index contributed by atoms with van der Waals surface area (Å²) in [5.41, 5.74) is 5.94. The number of carbonyl (C=O) groups excluding carboxylic acids is 16. The first-order valence-corrected chi connectivity index (χ1v) is 33.1. The smallest absolute Gasteiger partial charge is 0.303 e. The Balaban J connectivity index is 1.98. The molecule has 2 fully saturated rings. The second kappa shape index (κ2) is 42.0. The first kappa shape index (κ1) is 87.5. The predicted molar refractivity (Wildman–Crippen MR) is 354 cm³/mol. The summed E-state index contributed by atoms with van der Waals surface area (Å²) in [6.07, 6.45) is -6.81. The summed E-state index contributed by atoms with van der Waals surface area (Å²) >= 11 is 0. The number of hydrogen-bond acceptors (Lipinski definition) is 26. The van der Waals surface area contributed by atoms with E-state index in [1.54, 1.807) is 27.7 Å². The molecule has 0 unspecified atom stereocenters. The van der Waals surface area contributed by atoms with Crippen LogP contribution in [0.4, 0.5) is 0 Å². The molecule has 39 heteroatoms. The number of aromatic hydroxyl groups is 1. The maximum atomic E-state index is 14.6. The van der Waals surface area contributed by atoms with Crippen molar-refractivity contribution in [2.24, 2.45) is 23.5 Å². The summed E-state index contributed by atoms with van der Waals surface area (Å²) in [4.78, 5) is 214. The van der Waals surface area contributed by atoms with Crippen LogP contribution in [-0.2, 0) is 107 Å². The standard InChI is InChI=1S/C64H99N13O26/c1-28(2)20-39(54(89)71-44(25-81)59(94)75-48(29(3)4)53(65)88)69-57(92)42(23-79)72-60(95)45(26-100-64-50(68-33(9)83)52(102-36(12)86)51(101-35(11)85)47(103-64)27-99-34(10)84)74-58(93)43(24-80)73-62(97)49(30(5)6)76-61(96)46-14-13-19-77(46)63(98)31(7)66-56(91)41(22-78)70-55(90)40(67-32(8)82)21-37-15-17-38(87)18-16-37/h15-18,28-31,39-52,64,78-81,87H,13-14,19-27H2,1-12H3,(H2,65,88)(H,66,91)(H,67,82)(H,68,83)(H,69,92)(H,70,90)(H,71,89)(H,72,95)(H,73,97)(H,74,93)(H,75,94)(H,76,96)/t31-,39-,40-,41-,42-,43-,44-,45-,46-,47+,48-,49-,50+,51+,52+,64+/m0/s1. The molecule has 576 valence electrons. The number of nitrogens with zero attached hydrogens (tertiary/aromatic N) is 1. The zero-order chi connectivity index (χ0) is 77.9. The van der Waals surface area contributed by atoms with Gasteiger partial charge < -0.3 is 118 Å². The second-order valence-electron chi connectivity index (χ2n) is 25.7. The molecule has 2 aliphatic heterocycles. The molecule has 18 N–H and O–H groups in total. The molecule has 0 aliphatic carbocycles. The van der Waals surface area contributed by atoms with Crippen molar-refractivity contribution in [3.8, 4) is 5.75 Å². The lowest BCUT2D eigenvalue weighted by atomic mass is 9.96. The van der Waals surface area contributed by atoms with Crippen LogP contribution in [0.3, 0.4) is 0 Å². The molecule has 3 rings (SSSR count). The normalized spacial score (nSPS) is 20.0. The van der Waals surface area contributed by atoms with Crippen LogP contribution in [0.2, 0.25) is 0 Å². The average Bonchev–Trinajstić information content (AvgIpc) is 0.879. The van der Waals surface area contributed by atoms with E-state index in [0.29, 0.717) is 5.56 Å². The highest BCUT2D eigenvalue weighted by molar-refractivity contribution is 5.99. The summed E-state index contributed by atoms with van der Waals surface area (Å²) in [5, 5.41) is 77.2. The lowest BCUT2D eigenvalue weighted by Crippen LogP contribution is -2.67. The third-order valence-corrected chi connectivity index (χ3v) is 15.9. The molecule has 39 nitrogen and oxygen atoms in total. The van der Waals surface area contributed by atoms with E-state index in [2.05, 4.69) is 58.5 Å². The minimum atomic E-state index is -2.15. The third kappa shape index (κ3) is 27.9. The van der Waals surface area contributed by atoms with E-state index in [1.807, 2.05) is 0 Å². The average molecular weight is 1470 g/mol. The number of esters is 3. The minimum absolute atomic E-state index is 0.0264. The van der Waals surface area contributed by atoms with Gasteiger partial charge in [-0.15, -0.1) is 0 Å². The first-order chi connectivity index (χ1) is 48.3. The lowest BCUT2D eigenvalue weighted by molar-refractivity contribution is -0.278. The van der Waals surface area contributed by atoms with Gasteiger partial charge in [0.25, 0.3) is 0 Å². The van der Waals surface area contributed by atoms with Gasteiger partial charge in [-0.25, -0.2) is 0 Å². The number of carbonyl (C=O) groups is 16. The molecule has 16 atom stereocenters. The Labute approximate surface area is 593 Å². The van der Waals surface area contributed by atoms with Crippen LogP contribution in [0.15, 0.2) is 24.3 Å². The van der Waals surface area contributed by atoms with E-state index in [9.17, 15) is 102 Å². The highest BCUT2D eigenvalue weighted by Gasteiger charge is 2.52. The fourth-order valence-electron chi connectivity index (χ4n) is 10.8. The van der Waals surface area contributed by atoms with E-state index in [-0.39, 0.29) is 43.9 Å². The molecular formula is C64H99N13O26. The monoisotopic (exact) mass is 1470 g/mol. The molecular weight excluding hydrogens is 1370 g/mol. The highest BCUT2D eigenvalue weighted by Crippen LogP contribution is 2.29. The number of primary amides is 1. The SMILES string of the molecule is CC(=O)N[C@H]1[C@H](OC[C@H](NC(=O)[C@H](CO)NC(=O)[C@@H](NC(=O)[C@@H]2CCCN2C(=O)[C@H](C)NC(=O)[C@H](CO)NC(=O)[C@H](Cc2ccc(O)cc2)NC(C)=O)C(C)C)C(=O)N[C@@H](CO)C(=O)N[C@@H](CC(C)C)C(=O)N[C@@H](CO)C(=O)N[C@H](C(N)=O)C(C)C)O[C@H](COC(C)=O)[C@@H](OC(C)=O)[C@@H]1OC(C)=O. The number of hydrogen-bond donors (Lipinski definition) is 17. The van der Waals surface area contributed by atoms with Crippen LogP contribution in [0.1, 0.15) is 108 Å². The second-order valence-corrected chi connectivity index (χ2v) is 25.7. The van der Waals surface area contributed by atoms with Crippen LogP contribution < -0.4 is 64.2 Å². The van der Waals surface area contributed by atoms with Crippen LogP contribution in [-0.4, -0.2) is 268 Å². The van der Waals surface area contributed by atoms with Gasteiger partial charge in [-0.1, -0.05) is 53.7 Å². The summed E-state index contributed by atoms with van der Waals surface area (Å²) in [6, 6.07) is -13.8. The summed E-state index contributed by atoms with van der Waals surface area (Å²) < 4.78 is 28.1. The van der Waals surface area contributed by atoms with E-state index < -0.39 is 243 Å². The van der Waals surface area contributed by atoms with Gasteiger partial charge >= 0.3 is 17.9 Å². The lowest BCUT2D eigenvalue weighted by Gasteiger charge is -2.45. The van der Waals surface area contributed by atoms with Gasteiger partial charge in [0.1, 0.15) is 91.0 Å². The number of aliphatic hydroxyl groups excluding tert-OH is 4. The van der Waals surface area contributed by atoms with Crippen LogP contribution >= 0.6 is 0 Å². The number of benzene rings is 1. The number of aliphatic hydroxyl groups is 4. The molecule has 2 aliphatic rings. The van der Waals surface area contributed by atoms with E-state index in [0.717, 1.165) is 39.5 Å². The summed E-state index contributed by atoms with van der Waals surface area (Å²) in [5.74, 6) is -17.8. The van der Waals surface area contributed by atoms with Gasteiger partial charge in [0.2, 0.25) is 76.8 Å². The van der Waals surface area contributed by atoms with Crippen molar-refractivity contribution in [2.45, 2.75) is 206 Å². The number of amides is 13. The van der Waals surface area contributed by atoms with Crippen molar-refractivity contribution < 1.29 is 126 Å². The molecule has 13 amide bonds. The molecule has 0 bridgehead atoms. The largest absolute Gasteiger partial charge is 0.508 e. The van der Waals surface area contributed by atoms with Crippen molar-refractivity contribution >= 4 is 94.7 Å². The topological polar surface area (TPSA) is 582 Å². The molecule has 0 aromatic heterocycles. The van der Waals surface area contributed by atoms with Gasteiger partial charge in [0.15, 0.2) is 18.5 Å². The maximum absolute atomic E-state index is 14.6. The minimum Gasteiger partial charge on any atom is -0.508 e. The number of ether oxygens (including phenoxy) is 5. The zero-order valence-electron chi connectivity index (χ0n) is 59.4. The van der Waals surface area contributed by atoms with Crippen molar-refractivity contribution in [1.29, 1.82) is 0 Å². The van der Waals surface area contributed by atoms with E-state index in [1.165, 1.54) is 45.0 Å². The Kier molecular flexibility index (Phi) is 35.7. The van der Waals surface area contributed by atoms with Crippen molar-refractivity contribution in [3.63, 3.8) is 0 Å². The van der Waals surface area contributed by atoms with Gasteiger partial charge in [0.05, 0.1) is 33.0 Å². The number of phenolic OH excluding ortho intramolecular Hbond substituents is 1. The number of rotatable bonds is 39. The first-order valence-electron chi connectivity index (χ1n) is 33.1. The number of likely N-dealkylation sites (tertiary alicyclic amines) is 1. The molecule has 0 saturated carbocycles. The zero-order valence-corrected chi connectivity index (χ0v) is 59.4. The molecule has 2 heterocycles. The Bertz CT molecular complexity index is 3180. The maximum Gasteiger partial charge on any atom is 0.303 e. The molecule has 2 saturated heterocycles. The van der Waals surface area contributed by atoms with Gasteiger partial charge in [-0.2, -0.15) is 0 Å². The molecule has 103 heavy (non-hydrogen) atoms. The van der Waals surface area contributed by atoms with Gasteiger partial charge in [-0.3, -0.25) is 76.7 Å². The Morgan fingerprint density at radius 2 is 0.990 bits per heavy atom. The van der Waals surface area contributed by atoms with E-state index >= 15 is 0 Å². The van der Waals surface area contributed by atoms with Gasteiger partial charge in [0, 0.05) is 47.6 Å². The fraction of sp³-hybridized carbons (Fsp3) is 0.656. The van der Waals surface area contributed by atoms with E-state index in [4.69, 9.17) is 29.4 Å². The molecule has 0 spiro atoms. The number of nitrogens with one attached hydrogen (secondary N) is 11.